The minimum atomic E-state index is -0.458. The van der Waals surface area contributed by atoms with Crippen molar-refractivity contribution in [3.63, 3.8) is 0 Å². The van der Waals surface area contributed by atoms with Gasteiger partial charge in [0.05, 0.1) is 0 Å². The molecule has 0 spiro atoms. The molecular weight excluding hydrogens is 288 g/mol. The fourth-order valence-corrected chi connectivity index (χ4v) is 3.49. The first kappa shape index (κ1) is 15.9. The van der Waals surface area contributed by atoms with Crippen molar-refractivity contribution in [3.05, 3.63) is 35.0 Å². The molecule has 124 valence electrons. The molecule has 1 aliphatic rings. The molecule has 0 saturated heterocycles. The molecule has 0 bridgehead atoms. The third-order valence-electron chi connectivity index (χ3n) is 4.49. The standard InChI is InChI=1S/C19H26N2O2/c1-12-6-8-16-14(10-12)15-11-13(7-9-17(15)21(16)5)20-18(22)23-19(2,3)4/h6,8,10,13H,7,9,11H2,1-5H3,(H,20,22). The van der Waals surface area contributed by atoms with Crippen molar-refractivity contribution in [3.8, 4) is 0 Å². The Hall–Kier alpha value is -1.97. The fourth-order valence-electron chi connectivity index (χ4n) is 3.49. The second-order valence-corrected chi connectivity index (χ2v) is 7.59. The number of hydrogen-bond donors (Lipinski definition) is 1. The molecule has 1 N–H and O–H groups in total. The van der Waals surface area contributed by atoms with E-state index in [9.17, 15) is 4.79 Å². The molecule has 2 aromatic rings. The second kappa shape index (κ2) is 5.59. The summed E-state index contributed by atoms with van der Waals surface area (Å²) >= 11 is 0. The Morgan fingerprint density at radius 1 is 1.35 bits per heavy atom. The zero-order valence-electron chi connectivity index (χ0n) is 14.7. The molecule has 4 nitrogen and oxygen atoms in total. The van der Waals surface area contributed by atoms with Gasteiger partial charge in [0.25, 0.3) is 0 Å². The topological polar surface area (TPSA) is 43.3 Å². The molecule has 1 heterocycles. The Morgan fingerprint density at radius 3 is 2.78 bits per heavy atom. The van der Waals surface area contributed by atoms with Crippen LogP contribution in [0, 0.1) is 6.92 Å². The van der Waals surface area contributed by atoms with E-state index in [2.05, 4.69) is 42.1 Å². The van der Waals surface area contributed by atoms with Crippen molar-refractivity contribution < 1.29 is 9.53 Å². The number of nitrogens with zero attached hydrogens (tertiary/aromatic N) is 1. The van der Waals surface area contributed by atoms with Crippen molar-refractivity contribution in [2.75, 3.05) is 0 Å². The lowest BCUT2D eigenvalue weighted by molar-refractivity contribution is 0.0500. The number of carbonyl (C=O) groups is 1. The van der Waals surface area contributed by atoms with E-state index in [1.165, 1.54) is 27.7 Å². The van der Waals surface area contributed by atoms with Crippen LogP contribution >= 0.6 is 0 Å². The predicted molar refractivity (Wildman–Crippen MR) is 92.8 cm³/mol. The van der Waals surface area contributed by atoms with E-state index in [-0.39, 0.29) is 12.1 Å². The Morgan fingerprint density at radius 2 is 2.09 bits per heavy atom. The van der Waals surface area contributed by atoms with Crippen LogP contribution in [0.3, 0.4) is 0 Å². The van der Waals surface area contributed by atoms with Gasteiger partial charge in [-0.15, -0.1) is 0 Å². The molecule has 3 rings (SSSR count). The molecule has 0 saturated carbocycles. The van der Waals surface area contributed by atoms with Gasteiger partial charge in [-0.1, -0.05) is 11.6 Å². The van der Waals surface area contributed by atoms with E-state index in [1.54, 1.807) is 0 Å². The summed E-state index contributed by atoms with van der Waals surface area (Å²) in [6, 6.07) is 6.75. The second-order valence-electron chi connectivity index (χ2n) is 7.59. The number of nitrogens with one attached hydrogen (secondary N) is 1. The van der Waals surface area contributed by atoms with Gasteiger partial charge in [-0.25, -0.2) is 4.79 Å². The third-order valence-corrected chi connectivity index (χ3v) is 4.49. The van der Waals surface area contributed by atoms with Crippen molar-refractivity contribution in [2.45, 2.75) is 58.6 Å². The van der Waals surface area contributed by atoms with E-state index in [4.69, 9.17) is 4.74 Å². The summed E-state index contributed by atoms with van der Waals surface area (Å²) < 4.78 is 7.68. The first-order chi connectivity index (χ1) is 10.7. The number of fused-ring (bicyclic) bond motifs is 3. The van der Waals surface area contributed by atoms with E-state index in [0.717, 1.165) is 19.3 Å². The zero-order valence-corrected chi connectivity index (χ0v) is 14.7. The van der Waals surface area contributed by atoms with E-state index < -0.39 is 5.60 Å². The number of ether oxygens (including phenoxy) is 1. The normalized spacial score (nSPS) is 17.9. The number of aryl methyl sites for hydroxylation is 2. The van der Waals surface area contributed by atoms with Crippen molar-refractivity contribution in [1.82, 2.24) is 9.88 Å². The molecular formula is C19H26N2O2. The van der Waals surface area contributed by atoms with Gasteiger partial charge in [0.15, 0.2) is 0 Å². The maximum Gasteiger partial charge on any atom is 0.407 e. The van der Waals surface area contributed by atoms with Crippen LogP contribution in [-0.2, 0) is 24.6 Å². The number of aromatic nitrogens is 1. The molecule has 1 unspecified atom stereocenters. The maximum absolute atomic E-state index is 12.0. The van der Waals surface area contributed by atoms with Gasteiger partial charge >= 0.3 is 6.09 Å². The first-order valence-corrected chi connectivity index (χ1v) is 8.31. The van der Waals surface area contributed by atoms with Gasteiger partial charge < -0.3 is 14.6 Å². The summed E-state index contributed by atoms with van der Waals surface area (Å²) in [6.07, 6.45) is 2.49. The Balaban J connectivity index is 1.83. The molecule has 1 aromatic carbocycles. The lowest BCUT2D eigenvalue weighted by Gasteiger charge is -2.26. The summed E-state index contributed by atoms with van der Waals surface area (Å²) in [5.74, 6) is 0. The summed E-state index contributed by atoms with van der Waals surface area (Å²) in [6.45, 7) is 7.79. The number of benzene rings is 1. The van der Waals surface area contributed by atoms with Crippen LogP contribution < -0.4 is 5.32 Å². The van der Waals surface area contributed by atoms with Gasteiger partial charge in [-0.2, -0.15) is 0 Å². The van der Waals surface area contributed by atoms with Crippen LogP contribution in [0.4, 0.5) is 4.79 Å². The Bertz CT molecular complexity index is 753. The fraction of sp³-hybridized carbons (Fsp3) is 0.526. The smallest absolute Gasteiger partial charge is 0.407 e. The number of rotatable bonds is 1. The van der Waals surface area contributed by atoms with E-state index in [0.29, 0.717) is 0 Å². The zero-order chi connectivity index (χ0) is 16.8. The number of alkyl carbamates (subject to hydrolysis) is 1. The van der Waals surface area contributed by atoms with Gasteiger partial charge in [0.1, 0.15) is 5.60 Å². The van der Waals surface area contributed by atoms with Crippen LogP contribution in [0.25, 0.3) is 10.9 Å². The van der Waals surface area contributed by atoms with Crippen LogP contribution in [-0.4, -0.2) is 22.3 Å². The Labute approximate surface area is 137 Å². The quantitative estimate of drug-likeness (QED) is 0.868. The summed E-state index contributed by atoms with van der Waals surface area (Å²) in [7, 11) is 2.14. The number of amides is 1. The molecule has 23 heavy (non-hydrogen) atoms. The lowest BCUT2D eigenvalue weighted by atomic mass is 9.91. The first-order valence-electron chi connectivity index (χ1n) is 8.31. The summed E-state index contributed by atoms with van der Waals surface area (Å²) in [4.78, 5) is 12.0. The van der Waals surface area contributed by atoms with Crippen LogP contribution in [0.2, 0.25) is 0 Å². The highest BCUT2D eigenvalue weighted by molar-refractivity contribution is 5.86. The minimum absolute atomic E-state index is 0.142. The molecule has 1 aliphatic carbocycles. The van der Waals surface area contributed by atoms with Crippen LogP contribution in [0.15, 0.2) is 18.2 Å². The monoisotopic (exact) mass is 314 g/mol. The summed E-state index contributed by atoms with van der Waals surface area (Å²) in [5.41, 5.74) is 4.86. The number of hydrogen-bond acceptors (Lipinski definition) is 2. The van der Waals surface area contributed by atoms with Crippen molar-refractivity contribution in [2.24, 2.45) is 7.05 Å². The lowest BCUT2D eigenvalue weighted by Crippen LogP contribution is -2.41. The van der Waals surface area contributed by atoms with Crippen LogP contribution in [0.1, 0.15) is 44.0 Å². The van der Waals surface area contributed by atoms with E-state index in [1.807, 2.05) is 20.8 Å². The van der Waals surface area contributed by atoms with Gasteiger partial charge in [0.2, 0.25) is 0 Å². The highest BCUT2D eigenvalue weighted by Gasteiger charge is 2.26. The largest absolute Gasteiger partial charge is 0.444 e. The highest BCUT2D eigenvalue weighted by Crippen LogP contribution is 2.32. The van der Waals surface area contributed by atoms with E-state index >= 15 is 0 Å². The molecule has 1 amide bonds. The molecule has 1 aromatic heterocycles. The Kier molecular flexibility index (Phi) is 3.86. The van der Waals surface area contributed by atoms with Crippen LogP contribution in [0.5, 0.6) is 0 Å². The maximum atomic E-state index is 12.0. The average molecular weight is 314 g/mol. The average Bonchev–Trinajstić information content (AvgIpc) is 2.69. The SMILES string of the molecule is Cc1ccc2c(c1)c1c(n2C)CCC(NC(=O)OC(C)(C)C)C1. The molecule has 1 atom stereocenters. The molecule has 0 fully saturated rings. The summed E-state index contributed by atoms with van der Waals surface area (Å²) in [5, 5.41) is 4.35. The third kappa shape index (κ3) is 3.21. The highest BCUT2D eigenvalue weighted by atomic mass is 16.6. The minimum Gasteiger partial charge on any atom is -0.444 e. The van der Waals surface area contributed by atoms with Gasteiger partial charge in [0, 0.05) is 29.7 Å². The molecule has 0 radical (unpaired) electrons. The van der Waals surface area contributed by atoms with Gasteiger partial charge in [-0.3, -0.25) is 0 Å². The molecule has 4 heteroatoms. The van der Waals surface area contributed by atoms with Crippen molar-refractivity contribution >= 4 is 17.0 Å². The van der Waals surface area contributed by atoms with Gasteiger partial charge in [-0.05, 0) is 64.7 Å². The number of carbonyl (C=O) groups excluding carboxylic acids is 1. The molecule has 0 aliphatic heterocycles. The van der Waals surface area contributed by atoms with Crippen molar-refractivity contribution in [1.29, 1.82) is 0 Å². The predicted octanol–water partition coefficient (Wildman–Crippen LogP) is 3.87.